The fourth-order valence-electron chi connectivity index (χ4n) is 1.97. The van der Waals surface area contributed by atoms with Crippen molar-refractivity contribution in [2.75, 3.05) is 13.2 Å². The molecule has 0 aliphatic carbocycles. The molecule has 1 N–H and O–H groups in total. The van der Waals surface area contributed by atoms with Gasteiger partial charge in [-0.3, -0.25) is 9.59 Å². The Kier molecular flexibility index (Phi) is 5.72. The van der Waals surface area contributed by atoms with E-state index in [4.69, 9.17) is 4.74 Å². The molecule has 0 atom stereocenters. The predicted molar refractivity (Wildman–Crippen MR) is 85.5 cm³/mol. The molecule has 0 fully saturated rings. The first-order valence-corrected chi connectivity index (χ1v) is 7.30. The van der Waals surface area contributed by atoms with E-state index in [1.54, 1.807) is 12.1 Å². The largest absolute Gasteiger partial charge is 0.464 e. The van der Waals surface area contributed by atoms with Crippen molar-refractivity contribution in [1.29, 1.82) is 0 Å². The highest BCUT2D eigenvalue weighted by atomic mass is 16.5. The second kappa shape index (κ2) is 7.98. The first-order valence-electron chi connectivity index (χ1n) is 7.30. The maximum atomic E-state index is 12.0. The summed E-state index contributed by atoms with van der Waals surface area (Å²) in [5, 5.41) is 2.55. The molecule has 0 spiro atoms. The van der Waals surface area contributed by atoms with Gasteiger partial charge in [0.25, 0.3) is 5.91 Å². The van der Waals surface area contributed by atoms with Gasteiger partial charge in [-0.2, -0.15) is 0 Å². The van der Waals surface area contributed by atoms with Crippen molar-refractivity contribution >= 4 is 11.9 Å². The van der Waals surface area contributed by atoms with Crippen LogP contribution in [0.2, 0.25) is 0 Å². The van der Waals surface area contributed by atoms with E-state index in [-0.39, 0.29) is 12.5 Å². The average Bonchev–Trinajstić information content (AvgIpc) is 2.58. The van der Waals surface area contributed by atoms with Crippen LogP contribution in [-0.2, 0) is 9.53 Å². The van der Waals surface area contributed by atoms with Crippen LogP contribution in [0.15, 0.2) is 54.6 Å². The monoisotopic (exact) mass is 297 g/mol. The molecule has 114 valence electrons. The topological polar surface area (TPSA) is 55.4 Å². The maximum Gasteiger partial charge on any atom is 0.325 e. The molecule has 0 aliphatic heterocycles. The van der Waals surface area contributed by atoms with Gasteiger partial charge in [0.1, 0.15) is 6.54 Å². The number of hydrogen-bond acceptors (Lipinski definition) is 3. The lowest BCUT2D eigenvalue weighted by molar-refractivity contribution is -0.142. The van der Waals surface area contributed by atoms with Crippen LogP contribution in [0.5, 0.6) is 0 Å². The summed E-state index contributed by atoms with van der Waals surface area (Å²) in [6.07, 6.45) is 0.765. The zero-order valence-corrected chi connectivity index (χ0v) is 12.5. The van der Waals surface area contributed by atoms with Crippen LogP contribution in [0.1, 0.15) is 23.7 Å². The summed E-state index contributed by atoms with van der Waals surface area (Å²) in [4.78, 5) is 23.3. The molecule has 4 nitrogen and oxygen atoms in total. The minimum atomic E-state index is -0.420. The van der Waals surface area contributed by atoms with Crippen molar-refractivity contribution in [1.82, 2.24) is 5.32 Å². The molecule has 0 radical (unpaired) electrons. The number of esters is 1. The van der Waals surface area contributed by atoms with Crippen molar-refractivity contribution < 1.29 is 14.3 Å². The lowest BCUT2D eigenvalue weighted by atomic mass is 10.0. The standard InChI is InChI=1S/C18H19NO3/c1-2-12-22-17(20)13-19-18(21)16-10-8-15(9-11-16)14-6-4-3-5-7-14/h3-11H,2,12-13H2,1H3,(H,19,21). The van der Waals surface area contributed by atoms with E-state index >= 15 is 0 Å². The number of amides is 1. The van der Waals surface area contributed by atoms with E-state index in [0.29, 0.717) is 12.2 Å². The van der Waals surface area contributed by atoms with Crippen LogP contribution in [0.3, 0.4) is 0 Å². The minimum absolute atomic E-state index is 0.112. The van der Waals surface area contributed by atoms with Crippen LogP contribution < -0.4 is 5.32 Å². The second-order valence-electron chi connectivity index (χ2n) is 4.85. The fourth-order valence-corrected chi connectivity index (χ4v) is 1.97. The number of carbonyl (C=O) groups excluding carboxylic acids is 2. The normalized spacial score (nSPS) is 10.0. The highest BCUT2D eigenvalue weighted by molar-refractivity contribution is 5.96. The third-order valence-corrected chi connectivity index (χ3v) is 3.11. The lowest BCUT2D eigenvalue weighted by Crippen LogP contribution is -2.30. The molecule has 0 aromatic heterocycles. The average molecular weight is 297 g/mol. The Morgan fingerprint density at radius 3 is 2.23 bits per heavy atom. The summed E-state index contributed by atoms with van der Waals surface area (Å²) in [6.45, 7) is 2.18. The van der Waals surface area contributed by atoms with Gasteiger partial charge in [-0.1, -0.05) is 49.4 Å². The van der Waals surface area contributed by atoms with Gasteiger partial charge in [-0.05, 0) is 29.7 Å². The quantitative estimate of drug-likeness (QED) is 0.834. The van der Waals surface area contributed by atoms with Crippen LogP contribution in [0.25, 0.3) is 11.1 Å². The number of nitrogens with one attached hydrogen (secondary N) is 1. The van der Waals surface area contributed by atoms with Gasteiger partial charge in [0.15, 0.2) is 0 Å². The molecule has 0 bridgehead atoms. The van der Waals surface area contributed by atoms with Gasteiger partial charge in [0, 0.05) is 5.56 Å². The SMILES string of the molecule is CCCOC(=O)CNC(=O)c1ccc(-c2ccccc2)cc1. The van der Waals surface area contributed by atoms with E-state index < -0.39 is 5.97 Å². The van der Waals surface area contributed by atoms with Gasteiger partial charge >= 0.3 is 5.97 Å². The predicted octanol–water partition coefficient (Wildman–Crippen LogP) is 3.04. The van der Waals surface area contributed by atoms with Gasteiger partial charge < -0.3 is 10.1 Å². The van der Waals surface area contributed by atoms with E-state index in [9.17, 15) is 9.59 Å². The third-order valence-electron chi connectivity index (χ3n) is 3.11. The van der Waals surface area contributed by atoms with Gasteiger partial charge in [0.2, 0.25) is 0 Å². The highest BCUT2D eigenvalue weighted by Crippen LogP contribution is 2.19. The van der Waals surface area contributed by atoms with Gasteiger partial charge in [0.05, 0.1) is 6.61 Å². The zero-order valence-electron chi connectivity index (χ0n) is 12.5. The Hall–Kier alpha value is -2.62. The number of carbonyl (C=O) groups is 2. The summed E-state index contributed by atoms with van der Waals surface area (Å²) in [5.41, 5.74) is 2.65. The van der Waals surface area contributed by atoms with Crippen LogP contribution >= 0.6 is 0 Å². The summed E-state index contributed by atoms with van der Waals surface area (Å²) in [7, 11) is 0. The lowest BCUT2D eigenvalue weighted by Gasteiger charge is -2.07. The molecule has 2 aromatic rings. The van der Waals surface area contributed by atoms with Crippen LogP contribution in [0.4, 0.5) is 0 Å². The van der Waals surface area contributed by atoms with E-state index in [1.165, 1.54) is 0 Å². The molecule has 4 heteroatoms. The van der Waals surface area contributed by atoms with E-state index in [1.807, 2.05) is 49.4 Å². The fraction of sp³-hybridized carbons (Fsp3) is 0.222. The Balaban J connectivity index is 1.93. The van der Waals surface area contributed by atoms with Gasteiger partial charge in [-0.25, -0.2) is 0 Å². The first-order chi connectivity index (χ1) is 10.7. The molecule has 2 aromatic carbocycles. The Morgan fingerprint density at radius 2 is 1.59 bits per heavy atom. The molecule has 0 aliphatic rings. The highest BCUT2D eigenvalue weighted by Gasteiger charge is 2.08. The molecule has 1 amide bonds. The number of hydrogen-bond donors (Lipinski definition) is 1. The molecule has 22 heavy (non-hydrogen) atoms. The Morgan fingerprint density at radius 1 is 0.955 bits per heavy atom. The van der Waals surface area contributed by atoms with E-state index in [0.717, 1.165) is 17.5 Å². The van der Waals surface area contributed by atoms with Crippen molar-refractivity contribution in [3.05, 3.63) is 60.2 Å². The summed E-state index contributed by atoms with van der Waals surface area (Å²) in [6, 6.07) is 17.2. The summed E-state index contributed by atoms with van der Waals surface area (Å²) >= 11 is 0. The zero-order chi connectivity index (χ0) is 15.8. The molecule has 0 saturated carbocycles. The molecule has 2 rings (SSSR count). The Bertz CT molecular complexity index is 621. The molecule has 0 heterocycles. The number of ether oxygens (including phenoxy) is 1. The molecule has 0 unspecified atom stereocenters. The summed E-state index contributed by atoms with van der Waals surface area (Å²) in [5.74, 6) is -0.704. The Labute approximate surface area is 130 Å². The number of benzene rings is 2. The third kappa shape index (κ3) is 4.45. The van der Waals surface area contributed by atoms with Crippen LogP contribution in [0, 0.1) is 0 Å². The van der Waals surface area contributed by atoms with Crippen molar-refractivity contribution in [2.24, 2.45) is 0 Å². The van der Waals surface area contributed by atoms with Crippen LogP contribution in [-0.4, -0.2) is 25.0 Å². The van der Waals surface area contributed by atoms with E-state index in [2.05, 4.69) is 5.32 Å². The smallest absolute Gasteiger partial charge is 0.325 e. The number of rotatable bonds is 6. The minimum Gasteiger partial charge on any atom is -0.464 e. The van der Waals surface area contributed by atoms with Gasteiger partial charge in [-0.15, -0.1) is 0 Å². The molecule has 0 saturated heterocycles. The van der Waals surface area contributed by atoms with Crippen molar-refractivity contribution in [3.63, 3.8) is 0 Å². The summed E-state index contributed by atoms with van der Waals surface area (Å²) < 4.78 is 4.90. The maximum absolute atomic E-state index is 12.0. The second-order valence-corrected chi connectivity index (χ2v) is 4.85. The van der Waals surface area contributed by atoms with Crippen molar-refractivity contribution in [2.45, 2.75) is 13.3 Å². The van der Waals surface area contributed by atoms with Crippen molar-refractivity contribution in [3.8, 4) is 11.1 Å². The molecular formula is C18H19NO3. The first kappa shape index (κ1) is 15.8. The molecular weight excluding hydrogens is 278 g/mol.